The van der Waals surface area contributed by atoms with Crippen LogP contribution in [-0.4, -0.2) is 49.4 Å². The Labute approximate surface area is 182 Å². The van der Waals surface area contributed by atoms with Crippen molar-refractivity contribution in [1.29, 1.82) is 0 Å². The zero-order valence-corrected chi connectivity index (χ0v) is 17.5. The predicted molar refractivity (Wildman–Crippen MR) is 98.8 cm³/mol. The zero-order chi connectivity index (χ0) is 24.8. The Bertz CT molecular complexity index is 1180. The number of halogens is 7. The molecular weight excluding hydrogens is 485 g/mol. The highest BCUT2D eigenvalue weighted by molar-refractivity contribution is 7.90. The Morgan fingerprint density at radius 3 is 2.39 bits per heavy atom. The van der Waals surface area contributed by atoms with Crippen LogP contribution in [0.3, 0.4) is 0 Å². The van der Waals surface area contributed by atoms with Crippen LogP contribution in [0.1, 0.15) is 27.2 Å². The fourth-order valence-corrected chi connectivity index (χ4v) is 3.65. The van der Waals surface area contributed by atoms with E-state index in [4.69, 9.17) is 4.74 Å². The number of carbonyl (C=O) groups is 1. The van der Waals surface area contributed by atoms with Gasteiger partial charge in [0.2, 0.25) is 0 Å². The summed E-state index contributed by atoms with van der Waals surface area (Å²) < 4.78 is 119. The second-order valence-electron chi connectivity index (χ2n) is 7.27. The van der Waals surface area contributed by atoms with Crippen LogP contribution >= 0.6 is 0 Å². The molecule has 2 heterocycles. The first-order valence-corrected chi connectivity index (χ1v) is 11.0. The Morgan fingerprint density at radius 2 is 1.82 bits per heavy atom. The Hall–Kier alpha value is -2.90. The van der Waals surface area contributed by atoms with E-state index in [2.05, 4.69) is 4.98 Å². The van der Waals surface area contributed by atoms with Gasteiger partial charge in [0.15, 0.2) is 16.4 Å². The van der Waals surface area contributed by atoms with Crippen molar-refractivity contribution in [3.05, 3.63) is 52.8 Å². The minimum absolute atomic E-state index is 0.0872. The van der Waals surface area contributed by atoms with Crippen molar-refractivity contribution in [3.8, 4) is 5.75 Å². The molecule has 1 amide bonds. The number of nitrogens with zero attached hydrogens (tertiary/aromatic N) is 2. The number of pyridine rings is 1. The first-order valence-electron chi connectivity index (χ1n) is 9.07. The molecule has 33 heavy (non-hydrogen) atoms. The summed E-state index contributed by atoms with van der Waals surface area (Å²) in [5.74, 6) is -6.10. The van der Waals surface area contributed by atoms with E-state index in [0.717, 1.165) is 35.4 Å². The number of ether oxygens (including phenoxy) is 1. The predicted octanol–water partition coefficient (Wildman–Crippen LogP) is 3.94. The fraction of sp³-hybridized carbons (Fsp3) is 0.368. The SMILES string of the molecule is CS(=O)(=O)c1ccc(OCC(F)(F)C(F)F)c(C(=O)N2Cc3cc(C(F)(F)F)cnc3C2)c1. The van der Waals surface area contributed by atoms with Gasteiger partial charge in [-0.2, -0.15) is 22.0 Å². The largest absolute Gasteiger partial charge is 0.486 e. The number of hydrogen-bond donors (Lipinski definition) is 0. The Balaban J connectivity index is 1.93. The number of fused-ring (bicyclic) bond motifs is 1. The van der Waals surface area contributed by atoms with E-state index in [1.54, 1.807) is 0 Å². The zero-order valence-electron chi connectivity index (χ0n) is 16.7. The van der Waals surface area contributed by atoms with Crippen molar-refractivity contribution >= 4 is 15.7 Å². The lowest BCUT2D eigenvalue weighted by molar-refractivity contribution is -0.148. The summed E-state index contributed by atoms with van der Waals surface area (Å²) in [6.45, 7) is -2.37. The third-order valence-corrected chi connectivity index (χ3v) is 5.84. The highest BCUT2D eigenvalue weighted by Gasteiger charge is 2.42. The molecule has 1 aliphatic rings. The standard InChI is InChI=1S/C19H15F7N2O4S/c1-33(30,31)12-2-3-15(32-9-18(22,23)17(20)21)13(5-12)16(29)28-7-10-4-11(19(24,25)26)6-27-14(10)8-28/h2-6,17H,7-9H2,1H3. The van der Waals surface area contributed by atoms with Crippen LogP contribution < -0.4 is 4.74 Å². The molecule has 3 rings (SSSR count). The van der Waals surface area contributed by atoms with Crippen molar-refractivity contribution in [2.75, 3.05) is 12.9 Å². The average Bonchev–Trinajstić information content (AvgIpc) is 3.13. The van der Waals surface area contributed by atoms with Gasteiger partial charge in [-0.15, -0.1) is 0 Å². The monoisotopic (exact) mass is 500 g/mol. The van der Waals surface area contributed by atoms with Gasteiger partial charge in [-0.05, 0) is 29.8 Å². The van der Waals surface area contributed by atoms with E-state index < -0.39 is 57.8 Å². The second kappa shape index (κ2) is 8.47. The molecule has 14 heteroatoms. The molecule has 1 aromatic carbocycles. The summed E-state index contributed by atoms with van der Waals surface area (Å²) in [4.78, 5) is 17.3. The first-order chi connectivity index (χ1) is 15.1. The second-order valence-corrected chi connectivity index (χ2v) is 9.29. The molecule has 0 atom stereocenters. The van der Waals surface area contributed by atoms with Crippen LogP contribution in [0.5, 0.6) is 5.75 Å². The maximum atomic E-state index is 13.3. The summed E-state index contributed by atoms with van der Waals surface area (Å²) >= 11 is 0. The summed E-state index contributed by atoms with van der Waals surface area (Å²) in [5.41, 5.74) is -1.33. The number of hydrogen-bond acceptors (Lipinski definition) is 5. The molecule has 180 valence electrons. The molecule has 0 spiro atoms. The number of amides is 1. The van der Waals surface area contributed by atoms with Gasteiger partial charge in [0.1, 0.15) is 5.75 Å². The molecule has 0 radical (unpaired) electrons. The van der Waals surface area contributed by atoms with Gasteiger partial charge in [0.25, 0.3) is 5.91 Å². The van der Waals surface area contributed by atoms with Gasteiger partial charge < -0.3 is 9.64 Å². The molecule has 0 N–H and O–H groups in total. The quantitative estimate of drug-likeness (QED) is 0.562. The van der Waals surface area contributed by atoms with Gasteiger partial charge in [0, 0.05) is 19.0 Å². The molecule has 0 aliphatic carbocycles. The van der Waals surface area contributed by atoms with Crippen molar-refractivity contribution < 1.29 is 48.7 Å². The minimum Gasteiger partial charge on any atom is -0.486 e. The van der Waals surface area contributed by atoms with E-state index in [-0.39, 0.29) is 29.2 Å². The Morgan fingerprint density at radius 1 is 1.15 bits per heavy atom. The average molecular weight is 500 g/mol. The van der Waals surface area contributed by atoms with E-state index in [9.17, 15) is 43.9 Å². The summed E-state index contributed by atoms with van der Waals surface area (Å²) in [5, 5.41) is 0. The maximum Gasteiger partial charge on any atom is 0.417 e. The van der Waals surface area contributed by atoms with Crippen molar-refractivity contribution in [3.63, 3.8) is 0 Å². The van der Waals surface area contributed by atoms with Gasteiger partial charge in [-0.3, -0.25) is 9.78 Å². The minimum atomic E-state index is -4.67. The molecule has 1 aromatic heterocycles. The molecule has 6 nitrogen and oxygen atoms in total. The fourth-order valence-electron chi connectivity index (χ4n) is 3.00. The lowest BCUT2D eigenvalue weighted by atomic mass is 10.1. The Kier molecular flexibility index (Phi) is 6.35. The molecule has 0 unspecified atom stereocenters. The third-order valence-electron chi connectivity index (χ3n) is 4.73. The van der Waals surface area contributed by atoms with Crippen molar-refractivity contribution in [1.82, 2.24) is 9.88 Å². The highest BCUT2D eigenvalue weighted by atomic mass is 32.2. The number of benzene rings is 1. The molecule has 0 saturated heterocycles. The molecule has 0 fully saturated rings. The number of carbonyl (C=O) groups excluding carboxylic acids is 1. The number of alkyl halides is 7. The van der Waals surface area contributed by atoms with Gasteiger partial charge in [-0.1, -0.05) is 0 Å². The molecular formula is C19H15F7N2O4S. The van der Waals surface area contributed by atoms with Crippen molar-refractivity contribution in [2.45, 2.75) is 36.5 Å². The molecule has 1 aliphatic heterocycles. The maximum absolute atomic E-state index is 13.3. The van der Waals surface area contributed by atoms with E-state index in [0.29, 0.717) is 6.20 Å². The normalized spacial score (nSPS) is 14.5. The number of aromatic nitrogens is 1. The van der Waals surface area contributed by atoms with E-state index >= 15 is 0 Å². The molecule has 2 aromatic rings. The summed E-state index contributed by atoms with van der Waals surface area (Å²) in [6.07, 6.45) is -7.30. The van der Waals surface area contributed by atoms with E-state index in [1.807, 2.05) is 0 Å². The van der Waals surface area contributed by atoms with Crippen LogP contribution in [0.15, 0.2) is 35.4 Å². The van der Waals surface area contributed by atoms with Gasteiger partial charge >= 0.3 is 18.5 Å². The number of sulfone groups is 1. The van der Waals surface area contributed by atoms with Crippen LogP contribution in [0.25, 0.3) is 0 Å². The molecule has 0 saturated carbocycles. The molecule has 0 bridgehead atoms. The van der Waals surface area contributed by atoms with Crippen LogP contribution in [-0.2, 0) is 29.1 Å². The van der Waals surface area contributed by atoms with Gasteiger partial charge in [-0.25, -0.2) is 17.2 Å². The van der Waals surface area contributed by atoms with Crippen LogP contribution in [0, 0.1) is 0 Å². The third kappa shape index (κ3) is 5.37. The summed E-state index contributed by atoms with van der Waals surface area (Å²) in [7, 11) is -3.86. The smallest absolute Gasteiger partial charge is 0.417 e. The topological polar surface area (TPSA) is 76.6 Å². The first kappa shape index (κ1) is 24.7. The van der Waals surface area contributed by atoms with Gasteiger partial charge in [0.05, 0.1) is 28.3 Å². The highest BCUT2D eigenvalue weighted by Crippen LogP contribution is 2.34. The lowest BCUT2D eigenvalue weighted by Gasteiger charge is -2.20. The van der Waals surface area contributed by atoms with Crippen LogP contribution in [0.2, 0.25) is 0 Å². The summed E-state index contributed by atoms with van der Waals surface area (Å²) in [6, 6.07) is 3.44. The lowest BCUT2D eigenvalue weighted by Crippen LogP contribution is -2.34. The number of rotatable bonds is 6. The van der Waals surface area contributed by atoms with Crippen molar-refractivity contribution in [2.24, 2.45) is 0 Å². The van der Waals surface area contributed by atoms with Crippen LogP contribution in [0.4, 0.5) is 30.7 Å². The van der Waals surface area contributed by atoms with E-state index in [1.165, 1.54) is 0 Å².